The molecule has 0 saturated carbocycles. The molecule has 1 fully saturated rings. The second kappa shape index (κ2) is 8.31. The number of methoxy groups -OCH3 is 1. The van der Waals surface area contributed by atoms with E-state index in [0.717, 1.165) is 24.9 Å². The molecule has 1 aliphatic heterocycles. The molecule has 7 heteroatoms. The van der Waals surface area contributed by atoms with Crippen LogP contribution in [-0.2, 0) is 16.1 Å². The van der Waals surface area contributed by atoms with Crippen molar-refractivity contribution in [2.24, 2.45) is 5.92 Å². The van der Waals surface area contributed by atoms with Crippen LogP contribution in [0.4, 0.5) is 4.39 Å². The molecule has 3 rings (SSSR count). The minimum absolute atomic E-state index is 0.100. The van der Waals surface area contributed by atoms with E-state index in [1.54, 1.807) is 18.3 Å². The van der Waals surface area contributed by atoms with Crippen molar-refractivity contribution in [3.63, 3.8) is 0 Å². The number of benzene rings is 1. The third-order valence-corrected chi connectivity index (χ3v) is 4.68. The highest BCUT2D eigenvalue weighted by molar-refractivity contribution is 5.72. The highest BCUT2D eigenvalue weighted by Crippen LogP contribution is 2.29. The van der Waals surface area contributed by atoms with E-state index in [0.29, 0.717) is 36.7 Å². The molecule has 1 aliphatic rings. The SMILES string of the molecule is CCOC(=O)C1CCCN(Cc2cn[nH]c2-c2ccc(OC)cc2F)C1. The van der Waals surface area contributed by atoms with Crippen LogP contribution in [0.1, 0.15) is 25.3 Å². The first-order chi connectivity index (χ1) is 12.6. The standard InChI is InChI=1S/C19H24FN3O3/c1-3-26-19(24)13-5-4-8-23(11-13)12-14-10-21-22-18(14)16-7-6-15(25-2)9-17(16)20/h6-7,9-10,13H,3-5,8,11-12H2,1-2H3,(H,21,22). The Labute approximate surface area is 152 Å². The molecule has 1 N–H and O–H groups in total. The highest BCUT2D eigenvalue weighted by atomic mass is 19.1. The largest absolute Gasteiger partial charge is 0.497 e. The summed E-state index contributed by atoms with van der Waals surface area (Å²) in [5.74, 6) is -0.124. The van der Waals surface area contributed by atoms with E-state index in [1.165, 1.54) is 13.2 Å². The van der Waals surface area contributed by atoms with Crippen LogP contribution < -0.4 is 4.74 Å². The molecule has 0 spiro atoms. The maximum Gasteiger partial charge on any atom is 0.310 e. The van der Waals surface area contributed by atoms with Gasteiger partial charge in [0.2, 0.25) is 0 Å². The number of carbonyl (C=O) groups excluding carboxylic acids is 1. The summed E-state index contributed by atoms with van der Waals surface area (Å²) in [6, 6.07) is 4.77. The number of aromatic amines is 1. The number of H-pyrrole nitrogens is 1. The number of hydrogen-bond acceptors (Lipinski definition) is 5. The number of carbonyl (C=O) groups is 1. The highest BCUT2D eigenvalue weighted by Gasteiger charge is 2.27. The Morgan fingerprint density at radius 1 is 1.46 bits per heavy atom. The van der Waals surface area contributed by atoms with Crippen LogP contribution in [0.5, 0.6) is 5.75 Å². The summed E-state index contributed by atoms with van der Waals surface area (Å²) in [6.07, 6.45) is 3.50. The van der Waals surface area contributed by atoms with Gasteiger partial charge < -0.3 is 9.47 Å². The number of rotatable bonds is 6. The minimum atomic E-state index is -0.363. The average molecular weight is 361 g/mol. The molecule has 1 unspecified atom stereocenters. The fraction of sp³-hybridized carbons (Fsp3) is 0.474. The maximum atomic E-state index is 14.4. The minimum Gasteiger partial charge on any atom is -0.497 e. The van der Waals surface area contributed by atoms with Crippen molar-refractivity contribution in [3.8, 4) is 17.0 Å². The van der Waals surface area contributed by atoms with E-state index in [-0.39, 0.29) is 17.7 Å². The monoisotopic (exact) mass is 361 g/mol. The van der Waals surface area contributed by atoms with Gasteiger partial charge in [-0.15, -0.1) is 0 Å². The van der Waals surface area contributed by atoms with E-state index in [9.17, 15) is 9.18 Å². The molecule has 26 heavy (non-hydrogen) atoms. The summed E-state index contributed by atoms with van der Waals surface area (Å²) < 4.78 is 24.6. The lowest BCUT2D eigenvalue weighted by atomic mass is 9.97. The Morgan fingerprint density at radius 3 is 3.04 bits per heavy atom. The summed E-state index contributed by atoms with van der Waals surface area (Å²) in [5, 5.41) is 6.99. The molecule has 1 aromatic heterocycles. The number of halogens is 1. The van der Waals surface area contributed by atoms with Gasteiger partial charge in [-0.05, 0) is 38.4 Å². The summed E-state index contributed by atoms with van der Waals surface area (Å²) in [5.41, 5.74) is 2.01. The second-order valence-electron chi connectivity index (χ2n) is 6.44. The average Bonchev–Trinajstić information content (AvgIpc) is 3.09. The van der Waals surface area contributed by atoms with Crippen molar-refractivity contribution in [2.45, 2.75) is 26.3 Å². The summed E-state index contributed by atoms with van der Waals surface area (Å²) in [7, 11) is 1.51. The summed E-state index contributed by atoms with van der Waals surface area (Å²) in [4.78, 5) is 14.2. The van der Waals surface area contributed by atoms with Crippen molar-refractivity contribution < 1.29 is 18.7 Å². The van der Waals surface area contributed by atoms with Crippen LogP contribution in [-0.4, -0.2) is 47.9 Å². The first-order valence-corrected chi connectivity index (χ1v) is 8.87. The lowest BCUT2D eigenvalue weighted by molar-refractivity contribution is -0.150. The molecule has 0 radical (unpaired) electrons. The Kier molecular flexibility index (Phi) is 5.88. The van der Waals surface area contributed by atoms with Crippen molar-refractivity contribution in [3.05, 3.63) is 35.8 Å². The second-order valence-corrected chi connectivity index (χ2v) is 6.44. The van der Waals surface area contributed by atoms with Gasteiger partial charge in [0, 0.05) is 30.3 Å². The molecule has 2 heterocycles. The van der Waals surface area contributed by atoms with Gasteiger partial charge in [0.15, 0.2) is 0 Å². The summed E-state index contributed by atoms with van der Waals surface area (Å²) >= 11 is 0. The topological polar surface area (TPSA) is 67.5 Å². The number of nitrogens with one attached hydrogen (secondary N) is 1. The van der Waals surface area contributed by atoms with E-state index in [1.807, 2.05) is 6.92 Å². The molecule has 0 bridgehead atoms. The molecule has 0 amide bonds. The first-order valence-electron chi connectivity index (χ1n) is 8.87. The lowest BCUT2D eigenvalue weighted by Gasteiger charge is -2.31. The Bertz CT molecular complexity index is 762. The fourth-order valence-corrected chi connectivity index (χ4v) is 3.38. The van der Waals surface area contributed by atoms with Gasteiger partial charge in [0.25, 0.3) is 0 Å². The third kappa shape index (κ3) is 4.04. The van der Waals surface area contributed by atoms with E-state index in [2.05, 4.69) is 15.1 Å². The molecule has 1 aromatic carbocycles. The smallest absolute Gasteiger partial charge is 0.310 e. The maximum absolute atomic E-state index is 14.4. The predicted molar refractivity (Wildman–Crippen MR) is 95.2 cm³/mol. The number of esters is 1. The van der Waals surface area contributed by atoms with E-state index < -0.39 is 0 Å². The Balaban J connectivity index is 1.74. The zero-order chi connectivity index (χ0) is 18.5. The molecular weight excluding hydrogens is 337 g/mol. The van der Waals surface area contributed by atoms with Gasteiger partial charge in [-0.25, -0.2) is 4.39 Å². The van der Waals surface area contributed by atoms with Crippen LogP contribution >= 0.6 is 0 Å². The van der Waals surface area contributed by atoms with Gasteiger partial charge in [0.1, 0.15) is 11.6 Å². The van der Waals surface area contributed by atoms with Crippen LogP contribution in [0.25, 0.3) is 11.3 Å². The Hall–Kier alpha value is -2.41. The zero-order valence-corrected chi connectivity index (χ0v) is 15.1. The Morgan fingerprint density at radius 2 is 2.31 bits per heavy atom. The number of piperidine rings is 1. The lowest BCUT2D eigenvalue weighted by Crippen LogP contribution is -2.38. The number of ether oxygens (including phenoxy) is 2. The van der Waals surface area contributed by atoms with Gasteiger partial charge in [-0.2, -0.15) is 5.10 Å². The van der Waals surface area contributed by atoms with Gasteiger partial charge in [-0.3, -0.25) is 14.8 Å². The number of aromatic nitrogens is 2. The van der Waals surface area contributed by atoms with Crippen molar-refractivity contribution in [1.82, 2.24) is 15.1 Å². The van der Waals surface area contributed by atoms with Gasteiger partial charge >= 0.3 is 5.97 Å². The van der Waals surface area contributed by atoms with Crippen LogP contribution in [0.15, 0.2) is 24.4 Å². The molecule has 140 valence electrons. The van der Waals surface area contributed by atoms with Gasteiger partial charge in [0.05, 0.1) is 31.5 Å². The van der Waals surface area contributed by atoms with Crippen LogP contribution in [0.2, 0.25) is 0 Å². The van der Waals surface area contributed by atoms with Crippen molar-refractivity contribution >= 4 is 5.97 Å². The molecule has 1 atom stereocenters. The molecular formula is C19H24FN3O3. The number of hydrogen-bond donors (Lipinski definition) is 1. The van der Waals surface area contributed by atoms with E-state index >= 15 is 0 Å². The quantitative estimate of drug-likeness (QED) is 0.801. The van der Waals surface area contributed by atoms with Crippen molar-refractivity contribution in [2.75, 3.05) is 26.8 Å². The zero-order valence-electron chi connectivity index (χ0n) is 15.1. The number of likely N-dealkylation sites (tertiary alicyclic amines) is 1. The number of nitrogens with zero attached hydrogens (tertiary/aromatic N) is 2. The van der Waals surface area contributed by atoms with Crippen molar-refractivity contribution in [1.29, 1.82) is 0 Å². The normalized spacial score (nSPS) is 17.9. The fourth-order valence-electron chi connectivity index (χ4n) is 3.38. The van der Waals surface area contributed by atoms with Crippen LogP contribution in [0, 0.1) is 11.7 Å². The first kappa shape index (κ1) is 18.4. The van der Waals surface area contributed by atoms with Gasteiger partial charge in [-0.1, -0.05) is 0 Å². The molecule has 2 aromatic rings. The third-order valence-electron chi connectivity index (χ3n) is 4.68. The predicted octanol–water partition coefficient (Wildman–Crippen LogP) is 3.00. The molecule has 6 nitrogen and oxygen atoms in total. The van der Waals surface area contributed by atoms with Crippen LogP contribution in [0.3, 0.4) is 0 Å². The van der Waals surface area contributed by atoms with E-state index in [4.69, 9.17) is 9.47 Å². The molecule has 1 saturated heterocycles. The molecule has 0 aliphatic carbocycles. The summed E-state index contributed by atoms with van der Waals surface area (Å²) in [6.45, 7) is 4.37.